The van der Waals surface area contributed by atoms with E-state index in [1.54, 1.807) is 0 Å². The molecule has 0 aromatic rings. The predicted octanol–water partition coefficient (Wildman–Crippen LogP) is 3.51. The van der Waals surface area contributed by atoms with Crippen LogP contribution in [0.5, 0.6) is 0 Å². The van der Waals surface area contributed by atoms with Crippen LogP contribution in [-0.4, -0.2) is 29.6 Å². The van der Waals surface area contributed by atoms with Gasteiger partial charge in [0.1, 0.15) is 0 Å². The zero-order valence-electron chi connectivity index (χ0n) is 10.4. The minimum atomic E-state index is -1.76. The molecule has 0 heterocycles. The van der Waals surface area contributed by atoms with E-state index in [1.165, 1.54) is 6.42 Å². The number of rotatable bonds is 2. The van der Waals surface area contributed by atoms with Gasteiger partial charge in [0.25, 0.3) is 0 Å². The van der Waals surface area contributed by atoms with Gasteiger partial charge in [-0.15, -0.1) is 0 Å². The van der Waals surface area contributed by atoms with Crippen molar-refractivity contribution < 1.29 is 5.11 Å². The van der Waals surface area contributed by atoms with Gasteiger partial charge in [-0.05, 0) is 0 Å². The molecule has 0 spiro atoms. The van der Waals surface area contributed by atoms with Crippen molar-refractivity contribution in [2.45, 2.75) is 58.0 Å². The first-order valence-corrected chi connectivity index (χ1v) is 16.2. The molecule has 2 heteroatoms. The quantitative estimate of drug-likeness (QED) is 0.774. The molecule has 0 aromatic carbocycles. The Labute approximate surface area is 93.2 Å². The van der Waals surface area contributed by atoms with E-state index in [9.17, 15) is 5.11 Å². The summed E-state index contributed by atoms with van der Waals surface area (Å²) in [5.41, 5.74) is 0. The fourth-order valence-corrected chi connectivity index (χ4v) is 8.26. The Balaban J connectivity index is 2.63. The third-order valence-electron chi connectivity index (χ3n) is 3.89. The molecule has 1 aliphatic rings. The average molecular weight is 305 g/mol. The Morgan fingerprint density at radius 3 is 2.07 bits per heavy atom. The Morgan fingerprint density at radius 2 is 1.64 bits per heavy atom. The normalized spacial score (nSPS) is 34.9. The van der Waals surface area contributed by atoms with Gasteiger partial charge >= 0.3 is 93.3 Å². The minimum absolute atomic E-state index is 0.00271. The second kappa shape index (κ2) is 4.73. The van der Waals surface area contributed by atoms with Gasteiger partial charge in [0.15, 0.2) is 0 Å². The molecule has 0 radical (unpaired) electrons. The van der Waals surface area contributed by atoms with E-state index >= 15 is 0 Å². The average Bonchev–Trinajstić information content (AvgIpc) is 2.01. The summed E-state index contributed by atoms with van der Waals surface area (Å²) in [5, 5.41) is 9.90. The molecule has 14 heavy (non-hydrogen) atoms. The van der Waals surface area contributed by atoms with Crippen LogP contribution in [0.1, 0.15) is 33.1 Å². The molecule has 1 rings (SSSR count). The first-order valence-electron chi connectivity index (χ1n) is 5.98. The second-order valence-corrected chi connectivity index (χ2v) is 22.3. The summed E-state index contributed by atoms with van der Waals surface area (Å²) in [5.74, 6) is 1.53. The molecule has 84 valence electrons. The molecule has 0 saturated heterocycles. The van der Waals surface area contributed by atoms with E-state index in [0.29, 0.717) is 0 Å². The summed E-state index contributed by atoms with van der Waals surface area (Å²) in [7, 11) is 0. The molecular formula is C12H26OSn. The van der Waals surface area contributed by atoms with E-state index in [1.807, 2.05) is 0 Å². The van der Waals surface area contributed by atoms with Gasteiger partial charge in [-0.1, -0.05) is 0 Å². The van der Waals surface area contributed by atoms with Gasteiger partial charge in [0.05, 0.1) is 0 Å². The van der Waals surface area contributed by atoms with Crippen LogP contribution in [0.4, 0.5) is 0 Å². The Kier molecular flexibility index (Phi) is 4.33. The van der Waals surface area contributed by atoms with Gasteiger partial charge in [-0.3, -0.25) is 0 Å². The van der Waals surface area contributed by atoms with Crippen LogP contribution in [0, 0.1) is 11.8 Å². The Bertz CT molecular complexity index is 183. The van der Waals surface area contributed by atoms with Gasteiger partial charge in [-0.25, -0.2) is 0 Å². The number of aliphatic hydroxyl groups is 1. The maximum atomic E-state index is 9.90. The van der Waals surface area contributed by atoms with Crippen LogP contribution in [0.3, 0.4) is 0 Å². The van der Waals surface area contributed by atoms with Crippen molar-refractivity contribution in [3.8, 4) is 0 Å². The Morgan fingerprint density at radius 1 is 1.07 bits per heavy atom. The summed E-state index contributed by atoms with van der Waals surface area (Å²) in [6, 6.07) is 0. The van der Waals surface area contributed by atoms with E-state index in [0.717, 1.165) is 28.6 Å². The summed E-state index contributed by atoms with van der Waals surface area (Å²) >= 11 is -1.76. The molecule has 1 N–H and O–H groups in total. The van der Waals surface area contributed by atoms with Crippen LogP contribution in [0.25, 0.3) is 0 Å². The number of hydrogen-bond donors (Lipinski definition) is 1. The summed E-state index contributed by atoms with van der Waals surface area (Å²) in [6.45, 7) is 4.61. The third-order valence-corrected chi connectivity index (χ3v) is 12.2. The van der Waals surface area contributed by atoms with Crippen molar-refractivity contribution in [2.75, 3.05) is 0 Å². The van der Waals surface area contributed by atoms with Crippen molar-refractivity contribution in [1.29, 1.82) is 0 Å². The molecule has 0 amide bonds. The Hall–Kier alpha value is 0.759. The summed E-state index contributed by atoms with van der Waals surface area (Å²) in [6.07, 6.45) is 3.55. The molecule has 0 aliphatic heterocycles. The van der Waals surface area contributed by atoms with Crippen molar-refractivity contribution in [3.63, 3.8) is 0 Å². The van der Waals surface area contributed by atoms with Crippen LogP contribution in [0.15, 0.2) is 0 Å². The van der Waals surface area contributed by atoms with Gasteiger partial charge in [-0.2, -0.15) is 0 Å². The zero-order chi connectivity index (χ0) is 10.9. The van der Waals surface area contributed by atoms with E-state index in [-0.39, 0.29) is 6.10 Å². The summed E-state index contributed by atoms with van der Waals surface area (Å²) in [4.78, 5) is 7.53. The molecule has 3 atom stereocenters. The van der Waals surface area contributed by atoms with Crippen molar-refractivity contribution in [1.82, 2.24) is 0 Å². The monoisotopic (exact) mass is 306 g/mol. The molecule has 1 aliphatic carbocycles. The van der Waals surface area contributed by atoms with Crippen molar-refractivity contribution in [2.24, 2.45) is 11.8 Å². The standard InChI is InChI=1S/C9H17O.3CH3.Sn/c1-7(2)8-4-3-5-9(10)6-8;;;;/h3,7-10H,4-6H2,1-2H3;3*1H3;/t8-,9+;;;;/m0..../s1. The van der Waals surface area contributed by atoms with E-state index in [2.05, 4.69) is 28.7 Å². The van der Waals surface area contributed by atoms with Crippen LogP contribution in [-0.2, 0) is 0 Å². The van der Waals surface area contributed by atoms with Crippen LogP contribution < -0.4 is 0 Å². The topological polar surface area (TPSA) is 20.2 Å². The van der Waals surface area contributed by atoms with Crippen molar-refractivity contribution in [3.05, 3.63) is 0 Å². The first-order chi connectivity index (χ1) is 6.30. The van der Waals surface area contributed by atoms with Crippen LogP contribution in [0.2, 0.25) is 18.8 Å². The fraction of sp³-hybridized carbons (Fsp3) is 1.00. The molecule has 1 saturated carbocycles. The molecule has 0 bridgehead atoms. The van der Waals surface area contributed by atoms with E-state index < -0.39 is 18.4 Å². The van der Waals surface area contributed by atoms with Gasteiger partial charge in [0.2, 0.25) is 0 Å². The number of hydrogen-bond acceptors (Lipinski definition) is 1. The molecule has 1 fully saturated rings. The molecule has 0 aromatic heterocycles. The first kappa shape index (κ1) is 12.8. The molecule has 1 nitrogen and oxygen atoms in total. The second-order valence-electron chi connectivity index (χ2n) is 6.43. The molecular weight excluding hydrogens is 279 g/mol. The van der Waals surface area contributed by atoms with Crippen molar-refractivity contribution >= 4 is 18.4 Å². The maximum absolute atomic E-state index is 9.90. The number of aliphatic hydroxyl groups excluding tert-OH is 1. The zero-order valence-corrected chi connectivity index (χ0v) is 13.2. The van der Waals surface area contributed by atoms with Gasteiger partial charge in [0, 0.05) is 0 Å². The summed E-state index contributed by atoms with van der Waals surface area (Å²) < 4.78 is 0.903. The predicted molar refractivity (Wildman–Crippen MR) is 65.3 cm³/mol. The third kappa shape index (κ3) is 3.41. The van der Waals surface area contributed by atoms with Gasteiger partial charge < -0.3 is 0 Å². The van der Waals surface area contributed by atoms with Crippen LogP contribution >= 0.6 is 0 Å². The van der Waals surface area contributed by atoms with E-state index in [4.69, 9.17) is 0 Å². The SMILES string of the molecule is CC(C)[C@@H]1C[C@H](O)C[C@H]([Sn]([CH3])([CH3])[CH3])C1. The fourth-order valence-electron chi connectivity index (χ4n) is 2.58. The molecule has 0 unspecified atom stereocenters.